The van der Waals surface area contributed by atoms with Gasteiger partial charge in [-0.15, -0.1) is 0 Å². The number of carbonyl (C=O) groups is 2. The molecule has 3 aromatic carbocycles. The van der Waals surface area contributed by atoms with E-state index in [4.69, 9.17) is 9.47 Å². The van der Waals surface area contributed by atoms with E-state index in [9.17, 15) is 9.59 Å². The van der Waals surface area contributed by atoms with E-state index >= 15 is 0 Å². The van der Waals surface area contributed by atoms with Crippen molar-refractivity contribution >= 4 is 34.0 Å². The van der Waals surface area contributed by atoms with Gasteiger partial charge in [-0.05, 0) is 49.4 Å². The zero-order valence-electron chi connectivity index (χ0n) is 16.2. The summed E-state index contributed by atoms with van der Waals surface area (Å²) in [5, 5.41) is 3.93. The van der Waals surface area contributed by atoms with Crippen molar-refractivity contribution in [3.63, 3.8) is 0 Å². The lowest BCUT2D eigenvalue weighted by atomic mass is 10.2. The Morgan fingerprint density at radius 1 is 1.03 bits per heavy atom. The average molecular weight is 467 g/mol. The third kappa shape index (κ3) is 6.28. The second-order valence-corrected chi connectivity index (χ2v) is 7.25. The third-order valence-electron chi connectivity index (χ3n) is 3.97. The van der Waals surface area contributed by atoms with Gasteiger partial charge in [0.2, 0.25) is 0 Å². The lowest BCUT2D eigenvalue weighted by molar-refractivity contribution is -0.123. The van der Waals surface area contributed by atoms with Crippen LogP contribution in [-0.2, 0) is 4.79 Å². The van der Waals surface area contributed by atoms with Crippen molar-refractivity contribution in [2.45, 2.75) is 6.92 Å². The van der Waals surface area contributed by atoms with Gasteiger partial charge in [-0.3, -0.25) is 4.79 Å². The van der Waals surface area contributed by atoms with Gasteiger partial charge in [0.05, 0.1) is 11.8 Å². The predicted octanol–water partition coefficient (Wildman–Crippen LogP) is 4.51. The van der Waals surface area contributed by atoms with Gasteiger partial charge in [-0.25, -0.2) is 10.2 Å². The van der Waals surface area contributed by atoms with Crippen LogP contribution in [0.1, 0.15) is 21.5 Å². The molecule has 1 N–H and O–H groups in total. The minimum Gasteiger partial charge on any atom is -0.484 e. The monoisotopic (exact) mass is 466 g/mol. The molecule has 0 heterocycles. The molecule has 7 heteroatoms. The van der Waals surface area contributed by atoms with Gasteiger partial charge in [-0.2, -0.15) is 5.10 Å². The van der Waals surface area contributed by atoms with Crippen LogP contribution < -0.4 is 14.9 Å². The molecule has 0 saturated heterocycles. The summed E-state index contributed by atoms with van der Waals surface area (Å²) < 4.78 is 11.7. The molecule has 152 valence electrons. The van der Waals surface area contributed by atoms with E-state index in [1.54, 1.807) is 54.6 Å². The maximum Gasteiger partial charge on any atom is 0.343 e. The van der Waals surface area contributed by atoms with E-state index in [0.29, 0.717) is 22.6 Å². The van der Waals surface area contributed by atoms with E-state index in [1.165, 1.54) is 6.21 Å². The molecule has 3 rings (SSSR count). The second-order valence-electron chi connectivity index (χ2n) is 6.33. The number of rotatable bonds is 7. The van der Waals surface area contributed by atoms with Gasteiger partial charge in [0, 0.05) is 10.0 Å². The van der Waals surface area contributed by atoms with Crippen LogP contribution in [0.3, 0.4) is 0 Å². The SMILES string of the molecule is Cc1ccc(OCC(=O)N/N=C\c2cc(Br)ccc2OC(=O)c2ccccc2)cc1. The van der Waals surface area contributed by atoms with E-state index in [2.05, 4.69) is 26.5 Å². The molecule has 0 unspecified atom stereocenters. The molecule has 3 aromatic rings. The molecular weight excluding hydrogens is 448 g/mol. The van der Waals surface area contributed by atoms with Crippen molar-refractivity contribution in [2.75, 3.05) is 6.61 Å². The van der Waals surface area contributed by atoms with Crippen LogP contribution >= 0.6 is 15.9 Å². The Bertz CT molecular complexity index is 1050. The molecule has 6 nitrogen and oxygen atoms in total. The minimum atomic E-state index is -0.483. The number of nitrogens with one attached hydrogen (secondary N) is 1. The van der Waals surface area contributed by atoms with Crippen molar-refractivity contribution in [1.29, 1.82) is 0 Å². The van der Waals surface area contributed by atoms with E-state index in [1.807, 2.05) is 25.1 Å². The molecule has 30 heavy (non-hydrogen) atoms. The topological polar surface area (TPSA) is 77.0 Å². The number of aryl methyl sites for hydroxylation is 1. The van der Waals surface area contributed by atoms with Crippen molar-refractivity contribution in [3.8, 4) is 11.5 Å². The summed E-state index contributed by atoms with van der Waals surface area (Å²) >= 11 is 3.37. The number of carbonyl (C=O) groups excluding carboxylic acids is 2. The van der Waals surface area contributed by atoms with E-state index in [0.717, 1.165) is 10.0 Å². The Balaban J connectivity index is 1.60. The fourth-order valence-corrected chi connectivity index (χ4v) is 2.81. The summed E-state index contributed by atoms with van der Waals surface area (Å²) in [7, 11) is 0. The second kappa shape index (κ2) is 10.4. The molecule has 0 radical (unpaired) electrons. The lowest BCUT2D eigenvalue weighted by Crippen LogP contribution is -2.24. The highest BCUT2D eigenvalue weighted by Gasteiger charge is 2.11. The number of hydrazone groups is 1. The molecule has 0 spiro atoms. The summed E-state index contributed by atoms with van der Waals surface area (Å²) in [6.07, 6.45) is 1.40. The number of hydrogen-bond donors (Lipinski definition) is 1. The summed E-state index contributed by atoms with van der Waals surface area (Å²) in [6, 6.07) is 21.2. The Hall–Kier alpha value is -3.45. The number of ether oxygens (including phenoxy) is 2. The van der Waals surface area contributed by atoms with Gasteiger partial charge >= 0.3 is 5.97 Å². The molecule has 0 saturated carbocycles. The van der Waals surface area contributed by atoms with Crippen LogP contribution in [0.15, 0.2) is 82.4 Å². The van der Waals surface area contributed by atoms with Gasteiger partial charge in [0.25, 0.3) is 5.91 Å². The van der Waals surface area contributed by atoms with Crippen LogP contribution in [0.25, 0.3) is 0 Å². The number of esters is 1. The molecule has 0 atom stereocenters. The Kier molecular flexibility index (Phi) is 7.34. The Labute approximate surface area is 182 Å². The van der Waals surface area contributed by atoms with Gasteiger partial charge in [0.15, 0.2) is 6.61 Å². The quantitative estimate of drug-likeness (QED) is 0.240. The zero-order valence-corrected chi connectivity index (χ0v) is 17.8. The predicted molar refractivity (Wildman–Crippen MR) is 118 cm³/mol. The average Bonchev–Trinajstić information content (AvgIpc) is 2.75. The molecule has 0 aromatic heterocycles. The summed E-state index contributed by atoms with van der Waals surface area (Å²) in [5.41, 5.74) is 4.46. The first-order chi connectivity index (χ1) is 14.5. The number of hydrogen-bond acceptors (Lipinski definition) is 5. The van der Waals surface area contributed by atoms with Crippen molar-refractivity contribution in [2.24, 2.45) is 5.10 Å². The number of nitrogens with zero attached hydrogens (tertiary/aromatic N) is 1. The summed E-state index contributed by atoms with van der Waals surface area (Å²) in [4.78, 5) is 24.3. The largest absolute Gasteiger partial charge is 0.484 e. The fraction of sp³-hybridized carbons (Fsp3) is 0.0870. The van der Waals surface area contributed by atoms with Crippen LogP contribution in [0.5, 0.6) is 11.5 Å². The molecule has 0 aliphatic heterocycles. The Morgan fingerprint density at radius 3 is 2.50 bits per heavy atom. The van der Waals surface area contributed by atoms with Crippen molar-refractivity contribution in [1.82, 2.24) is 5.43 Å². The zero-order chi connectivity index (χ0) is 21.3. The maximum atomic E-state index is 12.3. The smallest absolute Gasteiger partial charge is 0.343 e. The van der Waals surface area contributed by atoms with Gasteiger partial charge < -0.3 is 9.47 Å². The first-order valence-electron chi connectivity index (χ1n) is 9.09. The summed E-state index contributed by atoms with van der Waals surface area (Å²) in [5.74, 6) is 0.0237. The number of benzene rings is 3. The van der Waals surface area contributed by atoms with Crippen molar-refractivity contribution in [3.05, 3.63) is 94.0 Å². The van der Waals surface area contributed by atoms with Crippen LogP contribution in [0, 0.1) is 6.92 Å². The highest BCUT2D eigenvalue weighted by atomic mass is 79.9. The van der Waals surface area contributed by atoms with Crippen molar-refractivity contribution < 1.29 is 19.1 Å². The number of halogens is 1. The standard InChI is InChI=1S/C23H19BrN2O4/c1-16-7-10-20(11-8-16)29-15-22(27)26-25-14-18-13-19(24)9-12-21(18)30-23(28)17-5-3-2-4-6-17/h2-14H,15H2,1H3,(H,26,27)/b25-14-. The third-order valence-corrected chi connectivity index (χ3v) is 4.46. The maximum absolute atomic E-state index is 12.3. The Morgan fingerprint density at radius 2 is 1.77 bits per heavy atom. The number of amides is 1. The first kappa shape index (κ1) is 21.3. The minimum absolute atomic E-state index is 0.172. The molecule has 0 aliphatic rings. The van der Waals surface area contributed by atoms with Gasteiger partial charge in [0.1, 0.15) is 11.5 Å². The fourth-order valence-electron chi connectivity index (χ4n) is 2.44. The molecular formula is C23H19BrN2O4. The van der Waals surface area contributed by atoms with Crippen LogP contribution in [0.2, 0.25) is 0 Å². The molecule has 0 fully saturated rings. The van der Waals surface area contributed by atoms with Crippen LogP contribution in [0.4, 0.5) is 0 Å². The van der Waals surface area contributed by atoms with Gasteiger partial charge in [-0.1, -0.05) is 51.8 Å². The van der Waals surface area contributed by atoms with Crippen LogP contribution in [-0.4, -0.2) is 24.7 Å². The highest BCUT2D eigenvalue weighted by molar-refractivity contribution is 9.10. The van der Waals surface area contributed by atoms with E-state index in [-0.39, 0.29) is 6.61 Å². The molecule has 0 bridgehead atoms. The summed E-state index contributed by atoms with van der Waals surface area (Å²) in [6.45, 7) is 1.80. The molecule has 0 aliphatic carbocycles. The molecule has 1 amide bonds. The highest BCUT2D eigenvalue weighted by Crippen LogP contribution is 2.23. The van der Waals surface area contributed by atoms with E-state index < -0.39 is 11.9 Å². The lowest BCUT2D eigenvalue weighted by Gasteiger charge is -2.08. The normalized spacial score (nSPS) is 10.6. The first-order valence-corrected chi connectivity index (χ1v) is 9.89.